The van der Waals surface area contributed by atoms with E-state index >= 15 is 0 Å². The number of benzene rings is 2. The molecule has 0 unspecified atom stereocenters. The maximum Gasteiger partial charge on any atom is 0.416 e. The van der Waals surface area contributed by atoms with Crippen LogP contribution in [0.15, 0.2) is 42.5 Å². The van der Waals surface area contributed by atoms with E-state index in [1.807, 2.05) is 6.92 Å². The summed E-state index contributed by atoms with van der Waals surface area (Å²) in [6, 6.07) is 9.20. The predicted octanol–water partition coefficient (Wildman–Crippen LogP) is 5.70. The minimum Gasteiger partial charge on any atom is -0.397 e. The standard InChI is InChI=1S/C21H24F5N3O/c1-2-3-4-16(22)19(23)20(30)29-18-10-9-15(11-17(18)27)28-12-13-5-7-14(8-6-13)21(24,25)26/h5-11,16,19,28H,2-4,12,27H2,1H3,(H,29,30)/t16-,19-/m1/s1. The summed E-state index contributed by atoms with van der Waals surface area (Å²) in [5.74, 6) is -1.10. The molecule has 0 spiro atoms. The van der Waals surface area contributed by atoms with Gasteiger partial charge in [0.15, 0.2) is 0 Å². The van der Waals surface area contributed by atoms with E-state index < -0.39 is 30.0 Å². The lowest BCUT2D eigenvalue weighted by atomic mass is 10.1. The molecular formula is C21H24F5N3O. The van der Waals surface area contributed by atoms with Crippen molar-refractivity contribution in [3.05, 3.63) is 53.6 Å². The average Bonchev–Trinajstić information content (AvgIpc) is 2.71. The van der Waals surface area contributed by atoms with Gasteiger partial charge in [-0.1, -0.05) is 31.9 Å². The molecule has 2 atom stereocenters. The Balaban J connectivity index is 1.94. The molecule has 0 bridgehead atoms. The van der Waals surface area contributed by atoms with Gasteiger partial charge in [-0.3, -0.25) is 4.79 Å². The highest BCUT2D eigenvalue weighted by Gasteiger charge is 2.30. The summed E-state index contributed by atoms with van der Waals surface area (Å²) in [6.45, 7) is 2.09. The van der Waals surface area contributed by atoms with Gasteiger partial charge in [-0.05, 0) is 42.3 Å². The summed E-state index contributed by atoms with van der Waals surface area (Å²) >= 11 is 0. The summed E-state index contributed by atoms with van der Waals surface area (Å²) < 4.78 is 65.4. The molecule has 30 heavy (non-hydrogen) atoms. The molecule has 164 valence electrons. The Morgan fingerprint density at radius 2 is 1.77 bits per heavy atom. The third kappa shape index (κ3) is 6.60. The van der Waals surface area contributed by atoms with E-state index in [4.69, 9.17) is 5.73 Å². The number of carbonyl (C=O) groups excluding carboxylic acids is 1. The first-order chi connectivity index (χ1) is 14.1. The van der Waals surface area contributed by atoms with Gasteiger partial charge in [-0.15, -0.1) is 0 Å². The van der Waals surface area contributed by atoms with Crippen LogP contribution in [0.3, 0.4) is 0 Å². The summed E-state index contributed by atoms with van der Waals surface area (Å²) in [7, 11) is 0. The van der Waals surface area contributed by atoms with Crippen molar-refractivity contribution in [1.29, 1.82) is 0 Å². The molecule has 0 saturated carbocycles. The number of nitrogens with one attached hydrogen (secondary N) is 2. The van der Waals surface area contributed by atoms with Crippen molar-refractivity contribution in [2.24, 2.45) is 0 Å². The monoisotopic (exact) mass is 429 g/mol. The van der Waals surface area contributed by atoms with Crippen LogP contribution in [-0.2, 0) is 17.5 Å². The van der Waals surface area contributed by atoms with E-state index in [0.29, 0.717) is 24.1 Å². The van der Waals surface area contributed by atoms with Crippen molar-refractivity contribution < 1.29 is 26.7 Å². The van der Waals surface area contributed by atoms with Crippen LogP contribution in [-0.4, -0.2) is 18.3 Å². The molecule has 0 aliphatic rings. The van der Waals surface area contributed by atoms with Crippen LogP contribution in [0.25, 0.3) is 0 Å². The highest BCUT2D eigenvalue weighted by atomic mass is 19.4. The Bertz CT molecular complexity index is 840. The van der Waals surface area contributed by atoms with Gasteiger partial charge in [-0.25, -0.2) is 8.78 Å². The molecule has 4 N–H and O–H groups in total. The number of amides is 1. The summed E-state index contributed by atoms with van der Waals surface area (Å²) in [4.78, 5) is 11.9. The second-order valence-corrected chi connectivity index (χ2v) is 6.90. The van der Waals surface area contributed by atoms with Crippen LogP contribution in [0.2, 0.25) is 0 Å². The van der Waals surface area contributed by atoms with Gasteiger partial charge in [0.05, 0.1) is 16.9 Å². The van der Waals surface area contributed by atoms with E-state index in [1.165, 1.54) is 24.3 Å². The van der Waals surface area contributed by atoms with Crippen LogP contribution >= 0.6 is 0 Å². The molecule has 0 aromatic heterocycles. The van der Waals surface area contributed by atoms with E-state index in [2.05, 4.69) is 10.6 Å². The number of nitrogens with two attached hydrogens (primary N) is 1. The van der Waals surface area contributed by atoms with Gasteiger partial charge in [0.2, 0.25) is 6.17 Å². The largest absolute Gasteiger partial charge is 0.416 e. The zero-order chi connectivity index (χ0) is 22.3. The van der Waals surface area contributed by atoms with Crippen molar-refractivity contribution in [1.82, 2.24) is 0 Å². The molecule has 4 nitrogen and oxygen atoms in total. The number of unbranched alkanes of at least 4 members (excludes halogenated alkanes) is 1. The van der Waals surface area contributed by atoms with Gasteiger partial charge >= 0.3 is 6.18 Å². The number of nitrogen functional groups attached to an aromatic ring is 1. The topological polar surface area (TPSA) is 67.2 Å². The van der Waals surface area contributed by atoms with Crippen molar-refractivity contribution in [2.45, 2.75) is 51.3 Å². The lowest BCUT2D eigenvalue weighted by Crippen LogP contribution is -2.32. The van der Waals surface area contributed by atoms with Gasteiger partial charge < -0.3 is 16.4 Å². The maximum absolute atomic E-state index is 13.9. The molecule has 0 fully saturated rings. The van der Waals surface area contributed by atoms with E-state index in [-0.39, 0.29) is 24.3 Å². The first kappa shape index (κ1) is 23.4. The molecule has 0 aliphatic heterocycles. The van der Waals surface area contributed by atoms with Crippen molar-refractivity contribution in [2.75, 3.05) is 16.4 Å². The quantitative estimate of drug-likeness (QED) is 0.354. The summed E-state index contributed by atoms with van der Waals surface area (Å²) in [5, 5.41) is 5.27. The first-order valence-electron chi connectivity index (χ1n) is 9.50. The third-order valence-electron chi connectivity index (χ3n) is 4.49. The second-order valence-electron chi connectivity index (χ2n) is 6.90. The number of carbonyl (C=O) groups is 1. The van der Waals surface area contributed by atoms with Crippen molar-refractivity contribution >= 4 is 23.0 Å². The fraction of sp³-hybridized carbons (Fsp3) is 0.381. The number of hydrogen-bond donors (Lipinski definition) is 3. The molecule has 9 heteroatoms. The Kier molecular flexibility index (Phi) is 8.02. The van der Waals surface area contributed by atoms with E-state index in [9.17, 15) is 26.7 Å². The van der Waals surface area contributed by atoms with Crippen LogP contribution in [0.4, 0.5) is 39.0 Å². The summed E-state index contributed by atoms with van der Waals surface area (Å²) in [6.07, 6.45) is -7.41. The molecule has 0 radical (unpaired) electrons. The number of rotatable bonds is 9. The molecule has 2 aromatic carbocycles. The fourth-order valence-electron chi connectivity index (χ4n) is 2.71. The summed E-state index contributed by atoms with van der Waals surface area (Å²) in [5.41, 5.74) is 6.59. The van der Waals surface area contributed by atoms with Gasteiger partial charge in [0.25, 0.3) is 5.91 Å². The minimum absolute atomic E-state index is 0.0343. The number of halogens is 5. The lowest BCUT2D eigenvalue weighted by molar-refractivity contribution is -0.137. The number of alkyl halides is 5. The van der Waals surface area contributed by atoms with Gasteiger partial charge in [-0.2, -0.15) is 13.2 Å². The second kappa shape index (κ2) is 10.3. The van der Waals surface area contributed by atoms with Crippen LogP contribution in [0, 0.1) is 0 Å². The molecule has 1 amide bonds. The minimum atomic E-state index is -4.39. The zero-order valence-corrected chi connectivity index (χ0v) is 16.4. The Hall–Kier alpha value is -2.84. The number of anilines is 3. The van der Waals surface area contributed by atoms with Crippen LogP contribution in [0.5, 0.6) is 0 Å². The highest BCUT2D eigenvalue weighted by molar-refractivity contribution is 5.97. The highest BCUT2D eigenvalue weighted by Crippen LogP contribution is 2.29. The zero-order valence-electron chi connectivity index (χ0n) is 16.4. The third-order valence-corrected chi connectivity index (χ3v) is 4.49. The van der Waals surface area contributed by atoms with E-state index in [0.717, 1.165) is 12.1 Å². The smallest absolute Gasteiger partial charge is 0.397 e. The molecule has 0 heterocycles. The molecule has 2 aromatic rings. The normalized spacial score (nSPS) is 13.5. The van der Waals surface area contributed by atoms with Crippen molar-refractivity contribution in [3.8, 4) is 0 Å². The molecule has 0 saturated heterocycles. The van der Waals surface area contributed by atoms with Gasteiger partial charge in [0, 0.05) is 12.2 Å². The molecule has 2 rings (SSSR count). The van der Waals surface area contributed by atoms with E-state index in [1.54, 1.807) is 6.07 Å². The number of hydrogen-bond acceptors (Lipinski definition) is 3. The fourth-order valence-corrected chi connectivity index (χ4v) is 2.71. The SMILES string of the molecule is CCCC[C@@H](F)[C@@H](F)C(=O)Nc1ccc(NCc2ccc(C(F)(F)F)cc2)cc1N. The Morgan fingerprint density at radius 1 is 1.10 bits per heavy atom. The average molecular weight is 429 g/mol. The lowest BCUT2D eigenvalue weighted by Gasteiger charge is -2.15. The molecular weight excluding hydrogens is 405 g/mol. The Labute approximate surface area is 171 Å². The van der Waals surface area contributed by atoms with Crippen LogP contribution < -0.4 is 16.4 Å². The van der Waals surface area contributed by atoms with Crippen molar-refractivity contribution in [3.63, 3.8) is 0 Å². The Morgan fingerprint density at radius 3 is 2.33 bits per heavy atom. The van der Waals surface area contributed by atoms with Crippen LogP contribution in [0.1, 0.15) is 37.3 Å². The molecule has 0 aliphatic carbocycles. The predicted molar refractivity (Wildman–Crippen MR) is 108 cm³/mol. The maximum atomic E-state index is 13.9. The van der Waals surface area contributed by atoms with Gasteiger partial charge in [0.1, 0.15) is 6.17 Å². The first-order valence-corrected chi connectivity index (χ1v) is 9.50.